The van der Waals surface area contributed by atoms with Crippen LogP contribution in [0.15, 0.2) is 18.2 Å². The zero-order valence-corrected chi connectivity index (χ0v) is 11.1. The standard InChI is InChI=1S/C13H19ClFNO/c1-13(2,3)12(16)7-11(17)8-4-5-9(14)10(15)6-8/h4-6,11-12,17H,7,16H2,1-3H3/t11-,12+/m0/s1. The molecule has 0 saturated carbocycles. The predicted octanol–water partition coefficient (Wildman–Crippen LogP) is 3.28. The maximum Gasteiger partial charge on any atom is 0.142 e. The van der Waals surface area contributed by atoms with Crippen LogP contribution in [-0.2, 0) is 0 Å². The maximum absolute atomic E-state index is 13.2. The van der Waals surface area contributed by atoms with Crippen molar-refractivity contribution in [3.8, 4) is 0 Å². The van der Waals surface area contributed by atoms with E-state index in [2.05, 4.69) is 0 Å². The van der Waals surface area contributed by atoms with E-state index in [1.165, 1.54) is 12.1 Å². The Bertz CT molecular complexity index is 389. The van der Waals surface area contributed by atoms with Crippen LogP contribution in [0, 0.1) is 11.2 Å². The van der Waals surface area contributed by atoms with E-state index in [0.29, 0.717) is 12.0 Å². The van der Waals surface area contributed by atoms with E-state index in [1.54, 1.807) is 6.07 Å². The van der Waals surface area contributed by atoms with E-state index in [0.717, 1.165) is 0 Å². The summed E-state index contributed by atoms with van der Waals surface area (Å²) in [4.78, 5) is 0. The largest absolute Gasteiger partial charge is 0.388 e. The van der Waals surface area contributed by atoms with E-state index in [4.69, 9.17) is 17.3 Å². The Hall–Kier alpha value is -0.640. The van der Waals surface area contributed by atoms with Crippen molar-refractivity contribution in [1.29, 1.82) is 0 Å². The van der Waals surface area contributed by atoms with Gasteiger partial charge in [0.1, 0.15) is 5.82 Å². The van der Waals surface area contributed by atoms with Gasteiger partial charge < -0.3 is 10.8 Å². The highest BCUT2D eigenvalue weighted by Gasteiger charge is 2.24. The van der Waals surface area contributed by atoms with Crippen LogP contribution < -0.4 is 5.73 Å². The Kier molecular flexibility index (Phi) is 4.53. The van der Waals surface area contributed by atoms with Crippen molar-refractivity contribution in [1.82, 2.24) is 0 Å². The van der Waals surface area contributed by atoms with E-state index in [9.17, 15) is 9.50 Å². The molecule has 4 heteroatoms. The Morgan fingerprint density at radius 1 is 1.41 bits per heavy atom. The number of aliphatic hydroxyl groups excluding tert-OH is 1. The summed E-state index contributed by atoms with van der Waals surface area (Å²) in [6.07, 6.45) is -0.374. The molecule has 0 spiro atoms. The zero-order chi connectivity index (χ0) is 13.2. The molecule has 17 heavy (non-hydrogen) atoms. The van der Waals surface area contributed by atoms with Gasteiger partial charge in [-0.1, -0.05) is 38.4 Å². The van der Waals surface area contributed by atoms with Crippen LogP contribution in [0.25, 0.3) is 0 Å². The molecule has 0 amide bonds. The first-order valence-electron chi connectivity index (χ1n) is 5.60. The van der Waals surface area contributed by atoms with E-state index < -0.39 is 11.9 Å². The highest BCUT2D eigenvalue weighted by atomic mass is 35.5. The summed E-state index contributed by atoms with van der Waals surface area (Å²) in [6.45, 7) is 6.02. The van der Waals surface area contributed by atoms with Crippen LogP contribution in [0.1, 0.15) is 38.9 Å². The Balaban J connectivity index is 2.76. The fourth-order valence-electron chi connectivity index (χ4n) is 1.45. The highest BCUT2D eigenvalue weighted by Crippen LogP contribution is 2.28. The summed E-state index contributed by atoms with van der Waals surface area (Å²) in [5.74, 6) is -0.521. The van der Waals surface area contributed by atoms with Crippen molar-refractivity contribution < 1.29 is 9.50 Å². The van der Waals surface area contributed by atoms with Gasteiger partial charge in [0.15, 0.2) is 0 Å². The van der Waals surface area contributed by atoms with Crippen molar-refractivity contribution in [3.05, 3.63) is 34.6 Å². The highest BCUT2D eigenvalue weighted by molar-refractivity contribution is 6.30. The molecule has 0 unspecified atom stereocenters. The zero-order valence-electron chi connectivity index (χ0n) is 10.4. The average molecular weight is 260 g/mol. The number of hydrogen-bond donors (Lipinski definition) is 2. The summed E-state index contributed by atoms with van der Waals surface area (Å²) in [5, 5.41) is 10.0. The lowest BCUT2D eigenvalue weighted by molar-refractivity contribution is 0.133. The molecule has 0 aromatic heterocycles. The Labute approximate surface area is 107 Å². The molecule has 0 bridgehead atoms. The Morgan fingerprint density at radius 2 is 2.00 bits per heavy atom. The van der Waals surface area contributed by atoms with Crippen molar-refractivity contribution in [3.63, 3.8) is 0 Å². The van der Waals surface area contributed by atoms with E-state index in [-0.39, 0.29) is 16.5 Å². The lowest BCUT2D eigenvalue weighted by Gasteiger charge is -2.29. The number of halogens is 2. The molecule has 2 atom stereocenters. The molecule has 3 N–H and O–H groups in total. The van der Waals surface area contributed by atoms with E-state index in [1.807, 2.05) is 20.8 Å². The van der Waals surface area contributed by atoms with Gasteiger partial charge in [-0.25, -0.2) is 4.39 Å². The first kappa shape index (κ1) is 14.4. The number of benzene rings is 1. The lowest BCUT2D eigenvalue weighted by atomic mass is 9.83. The van der Waals surface area contributed by atoms with Crippen molar-refractivity contribution in [2.45, 2.75) is 39.3 Å². The normalized spacial score (nSPS) is 15.7. The third kappa shape index (κ3) is 3.95. The molecular formula is C13H19ClFNO. The summed E-state index contributed by atoms with van der Waals surface area (Å²) in [7, 11) is 0. The second-order valence-corrected chi connectivity index (χ2v) is 5.80. The van der Waals surface area contributed by atoms with Gasteiger partial charge in [-0.05, 0) is 29.5 Å². The van der Waals surface area contributed by atoms with Crippen LogP contribution in [0.2, 0.25) is 5.02 Å². The van der Waals surface area contributed by atoms with Crippen molar-refractivity contribution >= 4 is 11.6 Å². The fourth-order valence-corrected chi connectivity index (χ4v) is 1.57. The second kappa shape index (κ2) is 5.34. The molecule has 1 aromatic rings. The summed E-state index contributed by atoms with van der Waals surface area (Å²) in [5.41, 5.74) is 6.39. The lowest BCUT2D eigenvalue weighted by Crippen LogP contribution is -2.36. The Morgan fingerprint density at radius 3 is 2.47 bits per heavy atom. The predicted molar refractivity (Wildman–Crippen MR) is 68.4 cm³/mol. The van der Waals surface area contributed by atoms with Gasteiger partial charge in [0, 0.05) is 6.04 Å². The van der Waals surface area contributed by atoms with Gasteiger partial charge in [-0.3, -0.25) is 0 Å². The molecule has 0 aliphatic carbocycles. The van der Waals surface area contributed by atoms with Gasteiger partial charge in [-0.15, -0.1) is 0 Å². The van der Waals surface area contributed by atoms with Crippen LogP contribution >= 0.6 is 11.6 Å². The number of hydrogen-bond acceptors (Lipinski definition) is 2. The minimum atomic E-state index is -0.768. The maximum atomic E-state index is 13.2. The average Bonchev–Trinajstić information content (AvgIpc) is 2.20. The van der Waals surface area contributed by atoms with Gasteiger partial charge in [0.05, 0.1) is 11.1 Å². The number of aliphatic hydroxyl groups is 1. The molecule has 2 nitrogen and oxygen atoms in total. The van der Waals surface area contributed by atoms with Crippen LogP contribution in [0.3, 0.4) is 0 Å². The SMILES string of the molecule is CC(C)(C)[C@H](N)C[C@H](O)c1ccc(Cl)c(F)c1. The minimum absolute atomic E-state index is 0.0565. The second-order valence-electron chi connectivity index (χ2n) is 5.40. The molecule has 0 aliphatic rings. The van der Waals surface area contributed by atoms with Gasteiger partial charge in [0.2, 0.25) is 0 Å². The fraction of sp³-hybridized carbons (Fsp3) is 0.538. The molecule has 0 aliphatic heterocycles. The van der Waals surface area contributed by atoms with Gasteiger partial charge in [0.25, 0.3) is 0 Å². The quantitative estimate of drug-likeness (QED) is 0.875. The monoisotopic (exact) mass is 259 g/mol. The molecule has 0 fully saturated rings. The van der Waals surface area contributed by atoms with Crippen molar-refractivity contribution in [2.24, 2.45) is 11.1 Å². The summed E-state index contributed by atoms with van der Waals surface area (Å²) < 4.78 is 13.2. The molecule has 0 radical (unpaired) electrons. The summed E-state index contributed by atoms with van der Waals surface area (Å²) >= 11 is 5.58. The topological polar surface area (TPSA) is 46.2 Å². The first-order chi connectivity index (χ1) is 7.71. The van der Waals surface area contributed by atoms with Crippen molar-refractivity contribution in [2.75, 3.05) is 0 Å². The smallest absolute Gasteiger partial charge is 0.142 e. The molecule has 96 valence electrons. The third-order valence-corrected chi connectivity index (χ3v) is 3.22. The number of rotatable bonds is 3. The van der Waals surface area contributed by atoms with Gasteiger partial charge in [-0.2, -0.15) is 0 Å². The summed E-state index contributed by atoms with van der Waals surface area (Å²) in [6, 6.07) is 4.16. The van der Waals surface area contributed by atoms with Crippen LogP contribution in [0.5, 0.6) is 0 Å². The van der Waals surface area contributed by atoms with Crippen LogP contribution in [0.4, 0.5) is 4.39 Å². The molecule has 1 aromatic carbocycles. The third-order valence-electron chi connectivity index (χ3n) is 2.92. The first-order valence-corrected chi connectivity index (χ1v) is 5.98. The molecule has 0 heterocycles. The molecule has 1 rings (SSSR count). The number of nitrogens with two attached hydrogens (primary N) is 1. The molecule has 0 saturated heterocycles. The molecular weight excluding hydrogens is 241 g/mol. The van der Waals surface area contributed by atoms with E-state index >= 15 is 0 Å². The van der Waals surface area contributed by atoms with Gasteiger partial charge >= 0.3 is 0 Å². The minimum Gasteiger partial charge on any atom is -0.388 e. The van der Waals surface area contributed by atoms with Crippen LogP contribution in [-0.4, -0.2) is 11.1 Å².